The summed E-state index contributed by atoms with van der Waals surface area (Å²) < 4.78 is 11.7. The lowest BCUT2D eigenvalue weighted by Crippen LogP contribution is -2.13. The van der Waals surface area contributed by atoms with Crippen LogP contribution in [0.2, 0.25) is 5.02 Å². The van der Waals surface area contributed by atoms with Gasteiger partial charge in [-0.3, -0.25) is 4.79 Å². The smallest absolute Gasteiger partial charge is 0.255 e. The van der Waals surface area contributed by atoms with Gasteiger partial charge < -0.3 is 14.8 Å². The molecule has 0 aromatic heterocycles. The quantitative estimate of drug-likeness (QED) is 0.665. The van der Waals surface area contributed by atoms with Gasteiger partial charge in [0.15, 0.2) is 11.5 Å². The average molecular weight is 446 g/mol. The Hall–Kier alpha value is -1.47. The van der Waals surface area contributed by atoms with Crippen molar-refractivity contribution in [2.75, 3.05) is 19.0 Å². The van der Waals surface area contributed by atoms with Gasteiger partial charge in [0.05, 0.1) is 17.3 Å². The maximum absolute atomic E-state index is 12.4. The van der Waals surface area contributed by atoms with Crippen molar-refractivity contribution in [3.63, 3.8) is 0 Å². The molecule has 0 heterocycles. The fraction of sp³-hybridized carbons (Fsp3) is 0.235. The molecule has 0 aliphatic carbocycles. The first-order valence-electron chi connectivity index (χ1n) is 7.04. The molecule has 0 saturated carbocycles. The zero-order valence-corrected chi connectivity index (χ0v) is 16.0. The molecule has 0 atom stereocenters. The van der Waals surface area contributed by atoms with Crippen molar-refractivity contribution in [3.05, 3.63) is 50.1 Å². The van der Waals surface area contributed by atoms with Gasteiger partial charge in [-0.1, -0.05) is 17.7 Å². The standard InChI is InChI=1S/C17H17ClINO3/c1-4-23-16-14(19)7-11(8-15(16)22-3)17(21)20-12-6-5-10(2)13(18)9-12/h5-9H,4H2,1-3H3,(H,20,21). The van der Waals surface area contributed by atoms with E-state index in [1.807, 2.05) is 26.0 Å². The lowest BCUT2D eigenvalue weighted by Gasteiger charge is -2.13. The fourth-order valence-electron chi connectivity index (χ4n) is 2.01. The molecule has 0 fully saturated rings. The number of ether oxygens (including phenoxy) is 2. The van der Waals surface area contributed by atoms with Gasteiger partial charge in [0.1, 0.15) is 0 Å². The predicted octanol–water partition coefficient (Wildman–Crippen LogP) is 4.91. The van der Waals surface area contributed by atoms with Crippen LogP contribution in [0.4, 0.5) is 5.69 Å². The normalized spacial score (nSPS) is 10.3. The van der Waals surface area contributed by atoms with E-state index in [0.29, 0.717) is 34.4 Å². The number of methoxy groups -OCH3 is 1. The minimum absolute atomic E-state index is 0.232. The van der Waals surface area contributed by atoms with Crippen LogP contribution in [0.25, 0.3) is 0 Å². The van der Waals surface area contributed by atoms with Crippen molar-refractivity contribution in [2.45, 2.75) is 13.8 Å². The van der Waals surface area contributed by atoms with Crippen molar-refractivity contribution in [2.24, 2.45) is 0 Å². The van der Waals surface area contributed by atoms with Gasteiger partial charge in [0.2, 0.25) is 0 Å². The average Bonchev–Trinajstić information content (AvgIpc) is 2.52. The first-order valence-corrected chi connectivity index (χ1v) is 8.49. The van der Waals surface area contributed by atoms with Crippen molar-refractivity contribution in [3.8, 4) is 11.5 Å². The van der Waals surface area contributed by atoms with Crippen molar-refractivity contribution >= 4 is 45.8 Å². The molecule has 2 rings (SSSR count). The fourth-order valence-corrected chi connectivity index (χ4v) is 2.95. The third kappa shape index (κ3) is 4.29. The number of anilines is 1. The zero-order valence-electron chi connectivity index (χ0n) is 13.1. The first-order chi connectivity index (χ1) is 11.0. The number of hydrogen-bond acceptors (Lipinski definition) is 3. The van der Waals surface area contributed by atoms with Crippen LogP contribution in [0.5, 0.6) is 11.5 Å². The molecule has 0 spiro atoms. The lowest BCUT2D eigenvalue weighted by molar-refractivity contribution is 0.102. The topological polar surface area (TPSA) is 47.6 Å². The SMILES string of the molecule is CCOc1c(I)cc(C(=O)Nc2ccc(C)c(Cl)c2)cc1OC. The molecular weight excluding hydrogens is 429 g/mol. The number of halogens is 2. The number of benzene rings is 2. The second kappa shape index (κ2) is 7.88. The molecule has 0 saturated heterocycles. The van der Waals surface area contributed by atoms with E-state index in [9.17, 15) is 4.79 Å². The second-order valence-corrected chi connectivity index (χ2v) is 6.41. The van der Waals surface area contributed by atoms with Gasteiger partial charge in [-0.25, -0.2) is 0 Å². The Labute approximate surface area is 154 Å². The van der Waals surface area contributed by atoms with Gasteiger partial charge in [-0.15, -0.1) is 0 Å². The molecule has 2 aromatic rings. The van der Waals surface area contributed by atoms with E-state index in [4.69, 9.17) is 21.1 Å². The highest BCUT2D eigenvalue weighted by Gasteiger charge is 2.15. The molecule has 23 heavy (non-hydrogen) atoms. The van der Waals surface area contributed by atoms with Gasteiger partial charge in [-0.2, -0.15) is 0 Å². The minimum Gasteiger partial charge on any atom is -0.493 e. The molecule has 6 heteroatoms. The third-order valence-electron chi connectivity index (χ3n) is 3.21. The van der Waals surface area contributed by atoms with Crippen LogP contribution in [0, 0.1) is 10.5 Å². The summed E-state index contributed by atoms with van der Waals surface area (Å²) in [6, 6.07) is 8.83. The van der Waals surface area contributed by atoms with Gasteiger partial charge in [0, 0.05) is 16.3 Å². The van der Waals surface area contributed by atoms with E-state index >= 15 is 0 Å². The first kappa shape index (κ1) is 17.9. The van der Waals surface area contributed by atoms with E-state index in [1.54, 1.807) is 25.3 Å². The highest BCUT2D eigenvalue weighted by molar-refractivity contribution is 14.1. The highest BCUT2D eigenvalue weighted by Crippen LogP contribution is 2.34. The number of carbonyl (C=O) groups excluding carboxylic acids is 1. The number of aryl methyl sites for hydroxylation is 1. The molecule has 0 aliphatic heterocycles. The summed E-state index contributed by atoms with van der Waals surface area (Å²) in [6.45, 7) is 4.34. The highest BCUT2D eigenvalue weighted by atomic mass is 127. The largest absolute Gasteiger partial charge is 0.493 e. The van der Waals surface area contributed by atoms with Crippen molar-refractivity contribution in [1.29, 1.82) is 0 Å². The van der Waals surface area contributed by atoms with E-state index in [0.717, 1.165) is 9.13 Å². The molecule has 1 amide bonds. The third-order valence-corrected chi connectivity index (χ3v) is 4.42. The number of nitrogens with one attached hydrogen (secondary N) is 1. The van der Waals surface area contributed by atoms with Crippen LogP contribution in [0.3, 0.4) is 0 Å². The molecule has 1 N–H and O–H groups in total. The number of amides is 1. The van der Waals surface area contributed by atoms with Crippen molar-refractivity contribution in [1.82, 2.24) is 0 Å². The predicted molar refractivity (Wildman–Crippen MR) is 101 cm³/mol. The van der Waals surface area contributed by atoms with E-state index in [-0.39, 0.29) is 5.91 Å². The van der Waals surface area contributed by atoms with Crippen LogP contribution in [0.1, 0.15) is 22.8 Å². The Morgan fingerprint density at radius 1 is 1.30 bits per heavy atom. The summed E-state index contributed by atoms with van der Waals surface area (Å²) in [5, 5.41) is 3.45. The van der Waals surface area contributed by atoms with E-state index in [2.05, 4.69) is 27.9 Å². The number of hydrogen-bond donors (Lipinski definition) is 1. The summed E-state index contributed by atoms with van der Waals surface area (Å²) in [5.41, 5.74) is 2.10. The second-order valence-electron chi connectivity index (χ2n) is 4.84. The summed E-state index contributed by atoms with van der Waals surface area (Å²) in [7, 11) is 1.55. The number of rotatable bonds is 5. The molecule has 2 aromatic carbocycles. The monoisotopic (exact) mass is 445 g/mol. The Balaban J connectivity index is 2.28. The molecule has 4 nitrogen and oxygen atoms in total. The summed E-state index contributed by atoms with van der Waals surface area (Å²) >= 11 is 8.21. The zero-order chi connectivity index (χ0) is 17.0. The summed E-state index contributed by atoms with van der Waals surface area (Å²) in [5.74, 6) is 0.945. The van der Waals surface area contributed by atoms with Gasteiger partial charge in [-0.05, 0) is 66.3 Å². The molecule has 122 valence electrons. The molecule has 0 bridgehead atoms. The van der Waals surface area contributed by atoms with Crippen LogP contribution in [0.15, 0.2) is 30.3 Å². The van der Waals surface area contributed by atoms with Crippen molar-refractivity contribution < 1.29 is 14.3 Å². The van der Waals surface area contributed by atoms with Crippen LogP contribution in [-0.2, 0) is 0 Å². The Bertz CT molecular complexity index is 734. The van der Waals surface area contributed by atoms with Crippen LogP contribution < -0.4 is 14.8 Å². The van der Waals surface area contributed by atoms with Gasteiger partial charge >= 0.3 is 0 Å². The van der Waals surface area contributed by atoms with Crippen LogP contribution in [-0.4, -0.2) is 19.6 Å². The molecule has 0 radical (unpaired) electrons. The molecule has 0 unspecified atom stereocenters. The molecule has 0 aliphatic rings. The van der Waals surface area contributed by atoms with E-state index in [1.165, 1.54) is 0 Å². The molecular formula is C17H17ClINO3. The Kier molecular flexibility index (Phi) is 6.12. The van der Waals surface area contributed by atoms with Crippen LogP contribution >= 0.6 is 34.2 Å². The number of carbonyl (C=O) groups is 1. The summed E-state index contributed by atoms with van der Waals surface area (Å²) in [4.78, 5) is 12.4. The summed E-state index contributed by atoms with van der Waals surface area (Å²) in [6.07, 6.45) is 0. The lowest BCUT2D eigenvalue weighted by atomic mass is 10.1. The van der Waals surface area contributed by atoms with E-state index < -0.39 is 0 Å². The Morgan fingerprint density at radius 3 is 2.65 bits per heavy atom. The van der Waals surface area contributed by atoms with Gasteiger partial charge in [0.25, 0.3) is 5.91 Å². The minimum atomic E-state index is -0.232. The maximum atomic E-state index is 12.4. The Morgan fingerprint density at radius 2 is 2.04 bits per heavy atom. The maximum Gasteiger partial charge on any atom is 0.255 e.